The molecule has 0 unspecified atom stereocenters. The van der Waals surface area contributed by atoms with Crippen LogP contribution >= 0.6 is 11.6 Å². The van der Waals surface area contributed by atoms with Crippen LogP contribution in [0, 0.1) is 6.92 Å². The number of benzene rings is 2. The monoisotopic (exact) mass is 336 g/mol. The summed E-state index contributed by atoms with van der Waals surface area (Å²) in [6.07, 6.45) is 9.58. The molecule has 2 aromatic carbocycles. The minimum Gasteiger partial charge on any atom is -0.0834 e. The maximum atomic E-state index is 6.52. The Morgan fingerprint density at radius 1 is 1.00 bits per heavy atom. The number of halogens is 1. The molecule has 0 heterocycles. The Balaban J connectivity index is 2.43. The number of hydrogen-bond acceptors (Lipinski definition) is 0. The molecule has 0 nitrogen and oxygen atoms in total. The lowest BCUT2D eigenvalue weighted by molar-refractivity contribution is 1.23. The van der Waals surface area contributed by atoms with E-state index in [1.807, 2.05) is 18.2 Å². The molecule has 2 aromatic rings. The van der Waals surface area contributed by atoms with Crippen molar-refractivity contribution in [2.24, 2.45) is 0 Å². The second kappa shape index (κ2) is 8.70. The zero-order chi connectivity index (χ0) is 17.5. The standard InChI is InChI=1S/C23H25Cl/c1-5-20(13-11-17(2)3)22-15-18(4)23(24)21(16-22)14-12-19-9-7-6-8-10-19/h6-16H,5H2,1-4H3/b14-12+,20-13+. The van der Waals surface area contributed by atoms with Crippen LogP contribution in [0.5, 0.6) is 0 Å². The van der Waals surface area contributed by atoms with E-state index in [0.29, 0.717) is 0 Å². The predicted octanol–water partition coefficient (Wildman–Crippen LogP) is 7.58. The summed E-state index contributed by atoms with van der Waals surface area (Å²) in [6, 6.07) is 14.6. The molecule has 24 heavy (non-hydrogen) atoms. The quantitative estimate of drug-likeness (QED) is 0.390. The van der Waals surface area contributed by atoms with Gasteiger partial charge in [-0.3, -0.25) is 0 Å². The van der Waals surface area contributed by atoms with E-state index >= 15 is 0 Å². The first-order chi connectivity index (χ1) is 11.5. The van der Waals surface area contributed by atoms with Crippen molar-refractivity contribution in [3.63, 3.8) is 0 Å². The molecule has 0 saturated heterocycles. The SMILES string of the molecule is CC/C(=C\C=C(C)C)c1cc(C)c(Cl)c(/C=C/c2ccccc2)c1. The van der Waals surface area contributed by atoms with Crippen LogP contribution in [0.25, 0.3) is 17.7 Å². The van der Waals surface area contributed by atoms with Gasteiger partial charge in [-0.1, -0.05) is 84.8 Å². The Bertz CT molecular complexity index is 773. The highest BCUT2D eigenvalue weighted by atomic mass is 35.5. The van der Waals surface area contributed by atoms with Gasteiger partial charge in [-0.15, -0.1) is 0 Å². The zero-order valence-electron chi connectivity index (χ0n) is 14.9. The lowest BCUT2D eigenvalue weighted by Gasteiger charge is -2.10. The van der Waals surface area contributed by atoms with Gasteiger partial charge in [0.05, 0.1) is 5.02 Å². The molecule has 0 saturated carbocycles. The topological polar surface area (TPSA) is 0 Å². The van der Waals surface area contributed by atoms with E-state index in [-0.39, 0.29) is 0 Å². The summed E-state index contributed by atoms with van der Waals surface area (Å²) < 4.78 is 0. The first-order valence-corrected chi connectivity index (χ1v) is 8.76. The Hall–Kier alpha value is -2.05. The summed E-state index contributed by atoms with van der Waals surface area (Å²) in [5.74, 6) is 0. The Morgan fingerprint density at radius 2 is 1.71 bits per heavy atom. The average molecular weight is 337 g/mol. The molecule has 0 fully saturated rings. The molecule has 1 heteroatoms. The Labute approximate surface area is 151 Å². The number of allylic oxidation sites excluding steroid dienone is 4. The average Bonchev–Trinajstić information content (AvgIpc) is 2.57. The van der Waals surface area contributed by atoms with Gasteiger partial charge in [-0.25, -0.2) is 0 Å². The number of hydrogen-bond donors (Lipinski definition) is 0. The van der Waals surface area contributed by atoms with Gasteiger partial charge >= 0.3 is 0 Å². The molecule has 0 radical (unpaired) electrons. The smallest absolute Gasteiger partial charge is 0.0507 e. The van der Waals surface area contributed by atoms with Gasteiger partial charge in [0.15, 0.2) is 0 Å². The largest absolute Gasteiger partial charge is 0.0834 e. The molecule has 0 bridgehead atoms. The molecule has 0 aliphatic heterocycles. The van der Waals surface area contributed by atoms with E-state index in [9.17, 15) is 0 Å². The summed E-state index contributed by atoms with van der Waals surface area (Å²) in [5.41, 5.74) is 7.21. The third-order valence-electron chi connectivity index (χ3n) is 3.91. The maximum absolute atomic E-state index is 6.52. The van der Waals surface area contributed by atoms with Crippen molar-refractivity contribution in [1.29, 1.82) is 0 Å². The highest BCUT2D eigenvalue weighted by molar-refractivity contribution is 6.33. The van der Waals surface area contributed by atoms with E-state index in [1.165, 1.54) is 22.3 Å². The normalized spacial score (nSPS) is 11.8. The van der Waals surface area contributed by atoms with Crippen molar-refractivity contribution in [3.05, 3.63) is 87.5 Å². The Morgan fingerprint density at radius 3 is 2.33 bits per heavy atom. The van der Waals surface area contributed by atoms with Crippen LogP contribution in [0.1, 0.15) is 49.4 Å². The van der Waals surface area contributed by atoms with E-state index in [4.69, 9.17) is 11.6 Å². The molecule has 0 amide bonds. The van der Waals surface area contributed by atoms with Crippen LogP contribution in [-0.4, -0.2) is 0 Å². The van der Waals surface area contributed by atoms with Gasteiger partial charge in [-0.2, -0.15) is 0 Å². The van der Waals surface area contributed by atoms with Crippen LogP contribution in [0.15, 0.2) is 60.2 Å². The highest BCUT2D eigenvalue weighted by Gasteiger charge is 2.07. The predicted molar refractivity (Wildman–Crippen MR) is 109 cm³/mol. The molecule has 0 atom stereocenters. The van der Waals surface area contributed by atoms with E-state index in [0.717, 1.165) is 22.6 Å². The van der Waals surface area contributed by atoms with Gasteiger partial charge < -0.3 is 0 Å². The highest BCUT2D eigenvalue weighted by Crippen LogP contribution is 2.29. The fourth-order valence-electron chi connectivity index (χ4n) is 2.54. The van der Waals surface area contributed by atoms with Crippen molar-refractivity contribution in [3.8, 4) is 0 Å². The van der Waals surface area contributed by atoms with Gasteiger partial charge in [0, 0.05) is 0 Å². The van der Waals surface area contributed by atoms with Crippen LogP contribution in [0.2, 0.25) is 5.02 Å². The maximum Gasteiger partial charge on any atom is 0.0507 e. The summed E-state index contributed by atoms with van der Waals surface area (Å²) in [7, 11) is 0. The Kier molecular flexibility index (Phi) is 6.63. The molecule has 0 N–H and O–H groups in total. The second-order valence-corrected chi connectivity index (χ2v) is 6.61. The third-order valence-corrected chi connectivity index (χ3v) is 4.42. The molecule has 2 rings (SSSR count). The lowest BCUT2D eigenvalue weighted by Crippen LogP contribution is -1.89. The van der Waals surface area contributed by atoms with Gasteiger partial charge in [-0.05, 0) is 61.1 Å². The van der Waals surface area contributed by atoms with Gasteiger partial charge in [0.1, 0.15) is 0 Å². The molecule has 0 spiro atoms. The summed E-state index contributed by atoms with van der Waals surface area (Å²) in [6.45, 7) is 8.49. The van der Waals surface area contributed by atoms with E-state index in [1.54, 1.807) is 0 Å². The first-order valence-electron chi connectivity index (χ1n) is 8.39. The molecular weight excluding hydrogens is 312 g/mol. The summed E-state index contributed by atoms with van der Waals surface area (Å²) in [4.78, 5) is 0. The fraction of sp³-hybridized carbons (Fsp3) is 0.217. The van der Waals surface area contributed by atoms with Crippen LogP contribution in [0.4, 0.5) is 0 Å². The van der Waals surface area contributed by atoms with E-state index in [2.05, 4.69) is 76.3 Å². The number of rotatable bonds is 5. The van der Waals surface area contributed by atoms with E-state index < -0.39 is 0 Å². The first kappa shape index (κ1) is 18.3. The van der Waals surface area contributed by atoms with Crippen molar-refractivity contribution < 1.29 is 0 Å². The molecule has 124 valence electrons. The van der Waals surface area contributed by atoms with Crippen LogP contribution in [-0.2, 0) is 0 Å². The van der Waals surface area contributed by atoms with Gasteiger partial charge in [0.25, 0.3) is 0 Å². The fourth-order valence-corrected chi connectivity index (χ4v) is 2.71. The lowest BCUT2D eigenvalue weighted by atomic mass is 9.97. The number of aryl methyl sites for hydroxylation is 1. The zero-order valence-corrected chi connectivity index (χ0v) is 15.7. The van der Waals surface area contributed by atoms with Gasteiger partial charge in [0.2, 0.25) is 0 Å². The third kappa shape index (κ3) is 4.97. The minimum absolute atomic E-state index is 0.823. The van der Waals surface area contributed by atoms with Crippen LogP contribution < -0.4 is 0 Å². The molecule has 0 aliphatic rings. The van der Waals surface area contributed by atoms with Crippen molar-refractivity contribution >= 4 is 29.3 Å². The van der Waals surface area contributed by atoms with Crippen molar-refractivity contribution in [2.45, 2.75) is 34.1 Å². The second-order valence-electron chi connectivity index (χ2n) is 6.23. The molecule has 0 aromatic heterocycles. The molecule has 0 aliphatic carbocycles. The summed E-state index contributed by atoms with van der Waals surface area (Å²) in [5, 5.41) is 0.823. The minimum atomic E-state index is 0.823. The molecular formula is C23H25Cl. The van der Waals surface area contributed by atoms with Crippen molar-refractivity contribution in [1.82, 2.24) is 0 Å². The van der Waals surface area contributed by atoms with Crippen molar-refractivity contribution in [2.75, 3.05) is 0 Å². The van der Waals surface area contributed by atoms with Crippen LogP contribution in [0.3, 0.4) is 0 Å². The summed E-state index contributed by atoms with van der Waals surface area (Å²) >= 11 is 6.52.